The summed E-state index contributed by atoms with van der Waals surface area (Å²) in [6.45, 7) is 4.38. The lowest BCUT2D eigenvalue weighted by atomic mass is 9.88. The Bertz CT molecular complexity index is 375. The first-order valence-corrected chi connectivity index (χ1v) is 7.17. The summed E-state index contributed by atoms with van der Waals surface area (Å²) in [5.74, 6) is -0.0559. The number of carbonyl (C=O) groups is 2. The highest BCUT2D eigenvalue weighted by atomic mass is 16.4. The predicted octanol–water partition coefficient (Wildman–Crippen LogP) is 1.98. The number of aliphatic carboxylic acids is 1. The molecule has 5 heteroatoms. The molecule has 108 valence electrons. The van der Waals surface area contributed by atoms with Crippen molar-refractivity contribution in [1.82, 2.24) is 10.6 Å². The molecular formula is C14H24N2O3. The van der Waals surface area contributed by atoms with Crippen LogP contribution in [0.4, 0.5) is 4.79 Å². The third-order valence-corrected chi connectivity index (χ3v) is 4.87. The minimum absolute atomic E-state index is 0.168. The summed E-state index contributed by atoms with van der Waals surface area (Å²) in [7, 11) is 0. The average molecular weight is 268 g/mol. The fourth-order valence-corrected chi connectivity index (χ4v) is 2.53. The number of hydrogen-bond acceptors (Lipinski definition) is 2. The lowest BCUT2D eigenvalue weighted by Gasteiger charge is -2.23. The highest BCUT2D eigenvalue weighted by molar-refractivity contribution is 5.77. The van der Waals surface area contributed by atoms with Gasteiger partial charge in [0, 0.05) is 13.1 Å². The molecular weight excluding hydrogens is 244 g/mol. The van der Waals surface area contributed by atoms with Crippen LogP contribution in [0.15, 0.2) is 0 Å². The van der Waals surface area contributed by atoms with Gasteiger partial charge in [0.2, 0.25) is 0 Å². The van der Waals surface area contributed by atoms with Gasteiger partial charge in [-0.1, -0.05) is 6.92 Å². The van der Waals surface area contributed by atoms with E-state index < -0.39 is 11.4 Å². The topological polar surface area (TPSA) is 78.4 Å². The first kappa shape index (κ1) is 14.2. The second-order valence-electron chi connectivity index (χ2n) is 6.39. The number of carboxylic acids is 1. The second kappa shape index (κ2) is 5.02. The Hall–Kier alpha value is -1.26. The Morgan fingerprint density at radius 3 is 2.37 bits per heavy atom. The Balaban J connectivity index is 1.71. The maximum absolute atomic E-state index is 11.7. The second-order valence-corrected chi connectivity index (χ2v) is 6.39. The molecule has 2 aliphatic carbocycles. The molecule has 0 aromatic carbocycles. The van der Waals surface area contributed by atoms with Gasteiger partial charge in [-0.3, -0.25) is 4.79 Å². The number of carbonyl (C=O) groups excluding carboxylic acids is 1. The SMILES string of the molecule is CCC(C)(CNC(=O)NCC1(C2CC2)CC1)C(=O)O. The van der Waals surface area contributed by atoms with Crippen LogP contribution in [-0.2, 0) is 4.79 Å². The molecule has 0 bridgehead atoms. The number of amides is 2. The molecule has 5 nitrogen and oxygen atoms in total. The van der Waals surface area contributed by atoms with Crippen molar-refractivity contribution in [2.75, 3.05) is 13.1 Å². The van der Waals surface area contributed by atoms with Crippen LogP contribution in [0.1, 0.15) is 46.0 Å². The third kappa shape index (κ3) is 3.19. The molecule has 19 heavy (non-hydrogen) atoms. The molecule has 2 rings (SSSR count). The van der Waals surface area contributed by atoms with Crippen molar-refractivity contribution in [3.63, 3.8) is 0 Å². The van der Waals surface area contributed by atoms with Crippen LogP contribution >= 0.6 is 0 Å². The van der Waals surface area contributed by atoms with Crippen LogP contribution < -0.4 is 10.6 Å². The first-order chi connectivity index (χ1) is 8.92. The van der Waals surface area contributed by atoms with Crippen molar-refractivity contribution >= 4 is 12.0 Å². The maximum atomic E-state index is 11.7. The van der Waals surface area contributed by atoms with Gasteiger partial charge >= 0.3 is 12.0 Å². The average Bonchev–Trinajstić information content (AvgIpc) is 3.25. The van der Waals surface area contributed by atoms with Crippen molar-refractivity contribution in [3.8, 4) is 0 Å². The van der Waals surface area contributed by atoms with Gasteiger partial charge in [-0.2, -0.15) is 0 Å². The summed E-state index contributed by atoms with van der Waals surface area (Å²) < 4.78 is 0. The van der Waals surface area contributed by atoms with Gasteiger partial charge < -0.3 is 15.7 Å². The monoisotopic (exact) mass is 268 g/mol. The molecule has 3 N–H and O–H groups in total. The van der Waals surface area contributed by atoms with Crippen molar-refractivity contribution < 1.29 is 14.7 Å². The molecule has 1 atom stereocenters. The molecule has 2 aliphatic rings. The quantitative estimate of drug-likeness (QED) is 0.660. The van der Waals surface area contributed by atoms with Crippen molar-refractivity contribution in [2.45, 2.75) is 46.0 Å². The van der Waals surface area contributed by atoms with Crippen LogP contribution in [0.3, 0.4) is 0 Å². The molecule has 0 saturated heterocycles. The van der Waals surface area contributed by atoms with E-state index in [1.165, 1.54) is 25.7 Å². The van der Waals surface area contributed by atoms with Crippen LogP contribution in [0.25, 0.3) is 0 Å². The van der Waals surface area contributed by atoms with Gasteiger partial charge in [-0.05, 0) is 50.4 Å². The lowest BCUT2D eigenvalue weighted by molar-refractivity contribution is -0.147. The number of urea groups is 1. The molecule has 0 heterocycles. The molecule has 0 aromatic heterocycles. The summed E-state index contributed by atoms with van der Waals surface area (Å²) in [5.41, 5.74) is -0.511. The van der Waals surface area contributed by atoms with Crippen molar-refractivity contribution in [1.29, 1.82) is 0 Å². The summed E-state index contributed by atoms with van der Waals surface area (Å²) in [5, 5.41) is 14.7. The van der Waals surface area contributed by atoms with Gasteiger partial charge in [0.1, 0.15) is 0 Å². The lowest BCUT2D eigenvalue weighted by Crippen LogP contribution is -2.46. The zero-order chi connectivity index (χ0) is 14.1. The standard InChI is InChI=1S/C14H24N2O3/c1-3-13(2,11(17)18)8-15-12(19)16-9-14(6-7-14)10-4-5-10/h10H,3-9H2,1-2H3,(H,17,18)(H2,15,16,19). The van der Waals surface area contributed by atoms with Crippen molar-refractivity contribution in [3.05, 3.63) is 0 Å². The third-order valence-electron chi connectivity index (χ3n) is 4.87. The predicted molar refractivity (Wildman–Crippen MR) is 71.8 cm³/mol. The van der Waals surface area contributed by atoms with Gasteiger partial charge in [0.25, 0.3) is 0 Å². The highest BCUT2D eigenvalue weighted by Crippen LogP contribution is 2.60. The highest BCUT2D eigenvalue weighted by Gasteiger charge is 2.53. The van der Waals surface area contributed by atoms with E-state index in [2.05, 4.69) is 10.6 Å². The maximum Gasteiger partial charge on any atom is 0.314 e. The van der Waals surface area contributed by atoms with E-state index in [0.29, 0.717) is 11.8 Å². The largest absolute Gasteiger partial charge is 0.481 e. The smallest absolute Gasteiger partial charge is 0.314 e. The summed E-state index contributed by atoms with van der Waals surface area (Å²) >= 11 is 0. The molecule has 1 unspecified atom stereocenters. The Kier molecular flexibility index (Phi) is 3.74. The summed E-state index contributed by atoms with van der Waals surface area (Å²) in [6, 6.07) is -0.243. The fourth-order valence-electron chi connectivity index (χ4n) is 2.53. The van der Waals surface area contributed by atoms with E-state index in [9.17, 15) is 9.59 Å². The molecule has 0 spiro atoms. The van der Waals surface area contributed by atoms with Crippen LogP contribution in [0.2, 0.25) is 0 Å². The minimum Gasteiger partial charge on any atom is -0.481 e. The number of carboxylic acid groups (broad SMARTS) is 1. The fraction of sp³-hybridized carbons (Fsp3) is 0.857. The molecule has 2 amide bonds. The van der Waals surface area contributed by atoms with Gasteiger partial charge in [-0.25, -0.2) is 4.79 Å². The number of hydrogen-bond donors (Lipinski definition) is 3. The molecule has 2 saturated carbocycles. The van der Waals surface area contributed by atoms with Gasteiger partial charge in [0.05, 0.1) is 5.41 Å². The number of nitrogens with one attached hydrogen (secondary N) is 2. The van der Waals surface area contributed by atoms with E-state index in [1.807, 2.05) is 6.92 Å². The first-order valence-electron chi connectivity index (χ1n) is 7.17. The van der Waals surface area contributed by atoms with E-state index in [4.69, 9.17) is 5.11 Å². The van der Waals surface area contributed by atoms with Crippen LogP contribution in [0, 0.1) is 16.7 Å². The van der Waals surface area contributed by atoms with Gasteiger partial charge in [-0.15, -0.1) is 0 Å². The van der Waals surface area contributed by atoms with Crippen LogP contribution in [0.5, 0.6) is 0 Å². The van der Waals surface area contributed by atoms with Gasteiger partial charge in [0.15, 0.2) is 0 Å². The zero-order valence-corrected chi connectivity index (χ0v) is 11.8. The van der Waals surface area contributed by atoms with Crippen LogP contribution in [-0.4, -0.2) is 30.2 Å². The summed E-state index contributed by atoms with van der Waals surface area (Å²) in [6.07, 6.45) is 5.54. The van der Waals surface area contributed by atoms with E-state index in [-0.39, 0.29) is 12.6 Å². The van der Waals surface area contributed by atoms with E-state index in [1.54, 1.807) is 6.92 Å². The molecule has 2 fully saturated rings. The zero-order valence-electron chi connectivity index (χ0n) is 11.8. The Morgan fingerprint density at radius 1 is 1.32 bits per heavy atom. The Morgan fingerprint density at radius 2 is 1.95 bits per heavy atom. The van der Waals surface area contributed by atoms with E-state index in [0.717, 1.165) is 12.5 Å². The Labute approximate surface area is 114 Å². The minimum atomic E-state index is -0.884. The summed E-state index contributed by atoms with van der Waals surface area (Å²) in [4.78, 5) is 22.8. The molecule has 0 radical (unpaired) electrons. The van der Waals surface area contributed by atoms with E-state index >= 15 is 0 Å². The molecule has 0 aromatic rings. The normalized spacial score (nSPS) is 23.3. The van der Waals surface area contributed by atoms with Crippen molar-refractivity contribution in [2.24, 2.45) is 16.7 Å². The molecule has 0 aliphatic heterocycles. The number of rotatable bonds is 7.